The lowest BCUT2D eigenvalue weighted by atomic mass is 9.98. The third kappa shape index (κ3) is 2.40. The van der Waals surface area contributed by atoms with E-state index in [9.17, 15) is 0 Å². The summed E-state index contributed by atoms with van der Waals surface area (Å²) in [5.41, 5.74) is 0. The molecule has 1 heteroatoms. The molecule has 11 heavy (non-hydrogen) atoms. The SMILES string of the molecule is CC(C)C(C)(C)SC1CCC1. The molecule has 0 heterocycles. The van der Waals surface area contributed by atoms with Crippen LogP contribution >= 0.6 is 11.8 Å². The molecular weight excluding hydrogens is 152 g/mol. The zero-order chi connectivity index (χ0) is 8.48. The second-order valence-corrected chi connectivity index (χ2v) is 6.38. The van der Waals surface area contributed by atoms with E-state index in [0.717, 1.165) is 11.2 Å². The minimum Gasteiger partial charge on any atom is -0.152 e. The monoisotopic (exact) mass is 172 g/mol. The summed E-state index contributed by atoms with van der Waals surface area (Å²) in [6.07, 6.45) is 4.38. The third-order valence-electron chi connectivity index (χ3n) is 2.91. The summed E-state index contributed by atoms with van der Waals surface area (Å²) in [5.74, 6) is 0.799. The van der Waals surface area contributed by atoms with E-state index in [0.29, 0.717) is 4.75 Å². The fraction of sp³-hybridized carbons (Fsp3) is 1.00. The molecule has 1 aliphatic carbocycles. The van der Waals surface area contributed by atoms with Gasteiger partial charge in [-0.25, -0.2) is 0 Å². The van der Waals surface area contributed by atoms with Crippen molar-refractivity contribution in [2.24, 2.45) is 5.92 Å². The fourth-order valence-corrected chi connectivity index (χ4v) is 2.75. The van der Waals surface area contributed by atoms with Gasteiger partial charge in [-0.3, -0.25) is 0 Å². The van der Waals surface area contributed by atoms with Crippen molar-refractivity contribution in [3.63, 3.8) is 0 Å². The predicted molar refractivity (Wildman–Crippen MR) is 54.1 cm³/mol. The molecule has 0 aliphatic heterocycles. The molecule has 0 nitrogen and oxygen atoms in total. The highest BCUT2D eigenvalue weighted by molar-refractivity contribution is 8.01. The second-order valence-electron chi connectivity index (χ2n) is 4.43. The van der Waals surface area contributed by atoms with Gasteiger partial charge in [0.15, 0.2) is 0 Å². The van der Waals surface area contributed by atoms with E-state index in [1.54, 1.807) is 0 Å². The first-order valence-electron chi connectivity index (χ1n) is 4.70. The topological polar surface area (TPSA) is 0 Å². The van der Waals surface area contributed by atoms with Crippen LogP contribution in [0.1, 0.15) is 47.0 Å². The van der Waals surface area contributed by atoms with E-state index < -0.39 is 0 Å². The molecule has 1 rings (SSSR count). The van der Waals surface area contributed by atoms with Gasteiger partial charge in [-0.2, -0.15) is 11.8 Å². The Bertz CT molecular complexity index is 123. The Balaban J connectivity index is 2.32. The first kappa shape index (κ1) is 9.44. The molecule has 0 aromatic rings. The molecule has 66 valence electrons. The molecular formula is C10H20S. The van der Waals surface area contributed by atoms with E-state index in [2.05, 4.69) is 39.5 Å². The summed E-state index contributed by atoms with van der Waals surface area (Å²) < 4.78 is 0.491. The van der Waals surface area contributed by atoms with E-state index in [-0.39, 0.29) is 0 Å². The average molecular weight is 172 g/mol. The minimum atomic E-state index is 0.491. The van der Waals surface area contributed by atoms with Gasteiger partial charge in [-0.05, 0) is 18.8 Å². The molecule has 0 atom stereocenters. The molecule has 0 radical (unpaired) electrons. The van der Waals surface area contributed by atoms with E-state index in [4.69, 9.17) is 0 Å². The summed E-state index contributed by atoms with van der Waals surface area (Å²) in [5, 5.41) is 0.979. The summed E-state index contributed by atoms with van der Waals surface area (Å²) in [6, 6.07) is 0. The zero-order valence-corrected chi connectivity index (χ0v) is 9.00. The van der Waals surface area contributed by atoms with Crippen molar-refractivity contribution in [1.82, 2.24) is 0 Å². The van der Waals surface area contributed by atoms with Crippen molar-refractivity contribution in [1.29, 1.82) is 0 Å². The summed E-state index contributed by atoms with van der Waals surface area (Å²) in [4.78, 5) is 0. The Kier molecular flexibility index (Phi) is 2.90. The lowest BCUT2D eigenvalue weighted by Gasteiger charge is -2.36. The Morgan fingerprint density at radius 1 is 1.27 bits per heavy atom. The normalized spacial score (nSPS) is 20.5. The van der Waals surface area contributed by atoms with Crippen molar-refractivity contribution < 1.29 is 0 Å². The van der Waals surface area contributed by atoms with Gasteiger partial charge in [-0.15, -0.1) is 0 Å². The standard InChI is InChI=1S/C10H20S/c1-8(2)10(3,4)11-9-6-5-7-9/h8-9H,5-7H2,1-4H3. The van der Waals surface area contributed by atoms with Crippen LogP contribution in [0.5, 0.6) is 0 Å². The average Bonchev–Trinajstić information content (AvgIpc) is 1.79. The quantitative estimate of drug-likeness (QED) is 0.625. The third-order valence-corrected chi connectivity index (χ3v) is 4.80. The van der Waals surface area contributed by atoms with Crippen LogP contribution in [0.2, 0.25) is 0 Å². The lowest BCUT2D eigenvalue weighted by Crippen LogP contribution is -2.28. The maximum Gasteiger partial charge on any atom is 0.0129 e. The van der Waals surface area contributed by atoms with Crippen molar-refractivity contribution in [2.75, 3.05) is 0 Å². The van der Waals surface area contributed by atoms with Crippen LogP contribution in [0, 0.1) is 5.92 Å². The highest BCUT2D eigenvalue weighted by Crippen LogP contribution is 2.42. The Hall–Kier alpha value is 0.350. The number of hydrogen-bond acceptors (Lipinski definition) is 1. The minimum absolute atomic E-state index is 0.491. The first-order chi connectivity index (χ1) is 5.02. The lowest BCUT2D eigenvalue weighted by molar-refractivity contribution is 0.476. The Morgan fingerprint density at radius 3 is 2.09 bits per heavy atom. The second kappa shape index (κ2) is 3.38. The maximum atomic E-state index is 2.38. The van der Waals surface area contributed by atoms with Crippen molar-refractivity contribution in [2.45, 2.75) is 57.0 Å². The van der Waals surface area contributed by atoms with Crippen LogP contribution in [0.15, 0.2) is 0 Å². The number of hydrogen-bond donors (Lipinski definition) is 0. The maximum absolute atomic E-state index is 2.38. The first-order valence-corrected chi connectivity index (χ1v) is 5.58. The van der Waals surface area contributed by atoms with Gasteiger partial charge in [0.1, 0.15) is 0 Å². The molecule has 0 amide bonds. The molecule has 1 fully saturated rings. The van der Waals surface area contributed by atoms with Gasteiger partial charge in [0.25, 0.3) is 0 Å². The van der Waals surface area contributed by atoms with Crippen LogP contribution in [0.25, 0.3) is 0 Å². The number of thioether (sulfide) groups is 1. The van der Waals surface area contributed by atoms with Gasteiger partial charge in [0.2, 0.25) is 0 Å². The fourth-order valence-electron chi connectivity index (χ4n) is 1.05. The van der Waals surface area contributed by atoms with Gasteiger partial charge in [0.05, 0.1) is 0 Å². The molecule has 0 spiro atoms. The van der Waals surface area contributed by atoms with Crippen LogP contribution in [-0.4, -0.2) is 10.00 Å². The van der Waals surface area contributed by atoms with Crippen molar-refractivity contribution in [3.8, 4) is 0 Å². The van der Waals surface area contributed by atoms with Crippen LogP contribution < -0.4 is 0 Å². The van der Waals surface area contributed by atoms with Gasteiger partial charge < -0.3 is 0 Å². The molecule has 0 bridgehead atoms. The smallest absolute Gasteiger partial charge is 0.0129 e. The highest BCUT2D eigenvalue weighted by Gasteiger charge is 2.29. The summed E-state index contributed by atoms with van der Waals surface area (Å²) >= 11 is 2.20. The molecule has 0 saturated heterocycles. The molecule has 0 N–H and O–H groups in total. The molecule has 1 aliphatic rings. The van der Waals surface area contributed by atoms with E-state index >= 15 is 0 Å². The predicted octanol–water partition coefficient (Wildman–Crippen LogP) is 3.71. The van der Waals surface area contributed by atoms with Crippen LogP contribution in [-0.2, 0) is 0 Å². The zero-order valence-electron chi connectivity index (χ0n) is 8.18. The van der Waals surface area contributed by atoms with E-state index in [1.807, 2.05) is 0 Å². The molecule has 1 saturated carbocycles. The summed E-state index contributed by atoms with van der Waals surface area (Å²) in [7, 11) is 0. The van der Waals surface area contributed by atoms with Gasteiger partial charge in [-0.1, -0.05) is 34.1 Å². The highest BCUT2D eigenvalue weighted by atomic mass is 32.2. The van der Waals surface area contributed by atoms with Crippen LogP contribution in [0.4, 0.5) is 0 Å². The van der Waals surface area contributed by atoms with Crippen molar-refractivity contribution in [3.05, 3.63) is 0 Å². The molecule has 0 aromatic heterocycles. The van der Waals surface area contributed by atoms with Gasteiger partial charge in [0, 0.05) is 10.00 Å². The van der Waals surface area contributed by atoms with E-state index in [1.165, 1.54) is 19.3 Å². The number of rotatable bonds is 3. The van der Waals surface area contributed by atoms with Gasteiger partial charge >= 0.3 is 0 Å². The van der Waals surface area contributed by atoms with Crippen LogP contribution in [0.3, 0.4) is 0 Å². The Morgan fingerprint density at radius 2 is 1.82 bits per heavy atom. The van der Waals surface area contributed by atoms with Crippen molar-refractivity contribution >= 4 is 11.8 Å². The largest absolute Gasteiger partial charge is 0.152 e. The Labute approximate surface area is 75.1 Å². The molecule has 0 unspecified atom stereocenters. The summed E-state index contributed by atoms with van der Waals surface area (Å²) in [6.45, 7) is 9.40. The molecule has 0 aromatic carbocycles.